The second-order valence-electron chi connectivity index (χ2n) is 6.00. The summed E-state index contributed by atoms with van der Waals surface area (Å²) in [6.07, 6.45) is 0.222. The van der Waals surface area contributed by atoms with Crippen molar-refractivity contribution in [3.8, 4) is 16.9 Å². The fourth-order valence-corrected chi connectivity index (χ4v) is 3.38. The molecule has 0 saturated carbocycles. The molecule has 0 amide bonds. The highest BCUT2D eigenvalue weighted by Crippen LogP contribution is 2.25. The Morgan fingerprint density at radius 1 is 0.929 bits per heavy atom. The Labute approximate surface area is 168 Å². The number of aromatic nitrogens is 1. The lowest BCUT2D eigenvalue weighted by atomic mass is 10.1. The van der Waals surface area contributed by atoms with Crippen molar-refractivity contribution >= 4 is 27.5 Å². The van der Waals surface area contributed by atoms with E-state index < -0.39 is 5.97 Å². The van der Waals surface area contributed by atoms with E-state index in [1.165, 1.54) is 15.8 Å². The molecule has 0 aliphatic carbocycles. The summed E-state index contributed by atoms with van der Waals surface area (Å²) >= 11 is 1.68. The number of para-hydroxylation sites is 1. The van der Waals surface area contributed by atoms with Gasteiger partial charge in [0.2, 0.25) is 0 Å². The number of carboxylic acid groups (broad SMARTS) is 1. The fourth-order valence-electron chi connectivity index (χ4n) is 2.50. The molecule has 4 rings (SSSR count). The number of hydrogen-bond donors (Lipinski definition) is 1. The molecule has 0 atom stereocenters. The maximum atomic E-state index is 9.37. The van der Waals surface area contributed by atoms with Gasteiger partial charge in [0.05, 0.1) is 10.2 Å². The molecule has 4 nitrogen and oxygen atoms in total. The summed E-state index contributed by atoms with van der Waals surface area (Å²) in [5.41, 5.74) is 3.44. The Balaban J connectivity index is 0.000000403. The molecule has 0 aliphatic rings. The molecule has 1 N–H and O–H groups in total. The zero-order chi connectivity index (χ0) is 19.8. The minimum Gasteiger partial charge on any atom is -0.486 e. The molecular formula is C23H21NO3S. The molecule has 28 heavy (non-hydrogen) atoms. The minimum atomic E-state index is -0.745. The monoisotopic (exact) mass is 391 g/mol. The number of thiazole rings is 1. The van der Waals surface area contributed by atoms with E-state index in [1.54, 1.807) is 18.3 Å². The summed E-state index contributed by atoms with van der Waals surface area (Å²) in [6.45, 7) is 2.10. The average Bonchev–Trinajstić information content (AvgIpc) is 3.17. The van der Waals surface area contributed by atoms with Crippen LogP contribution in [0.15, 0.2) is 78.9 Å². The topological polar surface area (TPSA) is 59.4 Å². The fraction of sp³-hybridized carbons (Fsp3) is 0.130. The molecule has 0 unspecified atom stereocenters. The smallest absolute Gasteiger partial charge is 0.303 e. The van der Waals surface area contributed by atoms with E-state index in [0.29, 0.717) is 6.61 Å². The SMILES string of the molecule is CCC(=O)O.c1ccc(-c2ccc(OCc3nc4ccccc4s3)cc2)cc1. The maximum Gasteiger partial charge on any atom is 0.303 e. The van der Waals surface area contributed by atoms with Crippen molar-refractivity contribution in [2.24, 2.45) is 0 Å². The number of carboxylic acids is 1. The summed E-state index contributed by atoms with van der Waals surface area (Å²) in [7, 11) is 0. The van der Waals surface area contributed by atoms with Crippen LogP contribution in [0.4, 0.5) is 0 Å². The Hall–Kier alpha value is -3.18. The number of aliphatic carboxylic acids is 1. The van der Waals surface area contributed by atoms with Gasteiger partial charge >= 0.3 is 5.97 Å². The summed E-state index contributed by atoms with van der Waals surface area (Å²) in [5, 5.41) is 8.72. The highest BCUT2D eigenvalue weighted by atomic mass is 32.1. The summed E-state index contributed by atoms with van der Waals surface area (Å²) in [6, 6.07) is 26.7. The highest BCUT2D eigenvalue weighted by molar-refractivity contribution is 7.18. The predicted molar refractivity (Wildman–Crippen MR) is 114 cm³/mol. The summed E-state index contributed by atoms with van der Waals surface area (Å²) < 4.78 is 7.06. The Morgan fingerprint density at radius 2 is 1.54 bits per heavy atom. The van der Waals surface area contributed by atoms with Gasteiger partial charge in [-0.2, -0.15) is 0 Å². The van der Waals surface area contributed by atoms with Crippen molar-refractivity contribution in [3.05, 3.63) is 83.9 Å². The Kier molecular flexibility index (Phi) is 6.76. The third-order valence-electron chi connectivity index (χ3n) is 3.96. The molecule has 0 spiro atoms. The van der Waals surface area contributed by atoms with Crippen molar-refractivity contribution in [2.45, 2.75) is 20.0 Å². The number of hydrogen-bond acceptors (Lipinski definition) is 4. The third-order valence-corrected chi connectivity index (χ3v) is 4.97. The first-order valence-corrected chi connectivity index (χ1v) is 9.82. The van der Waals surface area contributed by atoms with Crippen LogP contribution in [0.2, 0.25) is 0 Å². The number of carbonyl (C=O) groups is 1. The zero-order valence-electron chi connectivity index (χ0n) is 15.5. The van der Waals surface area contributed by atoms with Crippen molar-refractivity contribution in [1.29, 1.82) is 0 Å². The van der Waals surface area contributed by atoms with E-state index in [0.717, 1.165) is 16.3 Å². The maximum absolute atomic E-state index is 9.37. The van der Waals surface area contributed by atoms with Gasteiger partial charge in [0.25, 0.3) is 0 Å². The van der Waals surface area contributed by atoms with E-state index in [2.05, 4.69) is 35.3 Å². The van der Waals surface area contributed by atoms with Gasteiger partial charge in [0.15, 0.2) is 0 Å². The van der Waals surface area contributed by atoms with Gasteiger partial charge in [-0.05, 0) is 35.4 Å². The van der Waals surface area contributed by atoms with Gasteiger partial charge in [0.1, 0.15) is 17.4 Å². The van der Waals surface area contributed by atoms with Crippen molar-refractivity contribution in [3.63, 3.8) is 0 Å². The van der Waals surface area contributed by atoms with Gasteiger partial charge < -0.3 is 9.84 Å². The second kappa shape index (κ2) is 9.67. The van der Waals surface area contributed by atoms with Crippen LogP contribution < -0.4 is 4.74 Å². The molecule has 4 aromatic rings. The van der Waals surface area contributed by atoms with E-state index in [9.17, 15) is 4.79 Å². The lowest BCUT2D eigenvalue weighted by Gasteiger charge is -2.06. The molecule has 5 heteroatoms. The first-order valence-electron chi connectivity index (χ1n) is 9.00. The predicted octanol–water partition coefficient (Wildman–Crippen LogP) is 6.02. The number of nitrogens with zero attached hydrogens (tertiary/aromatic N) is 1. The number of fused-ring (bicyclic) bond motifs is 1. The first kappa shape index (κ1) is 19.6. The highest BCUT2D eigenvalue weighted by Gasteiger charge is 2.04. The molecule has 0 saturated heterocycles. The van der Waals surface area contributed by atoms with E-state index in [4.69, 9.17) is 9.84 Å². The molecule has 0 aliphatic heterocycles. The van der Waals surface area contributed by atoms with E-state index in [-0.39, 0.29) is 6.42 Å². The lowest BCUT2D eigenvalue weighted by Crippen LogP contribution is -1.94. The van der Waals surface area contributed by atoms with Crippen LogP contribution in [0, 0.1) is 0 Å². The first-order chi connectivity index (χ1) is 13.7. The second-order valence-corrected chi connectivity index (χ2v) is 7.12. The van der Waals surface area contributed by atoms with Crippen molar-refractivity contribution in [2.75, 3.05) is 0 Å². The largest absolute Gasteiger partial charge is 0.486 e. The summed E-state index contributed by atoms with van der Waals surface area (Å²) in [5.74, 6) is 0.119. The molecule has 0 bridgehead atoms. The summed E-state index contributed by atoms with van der Waals surface area (Å²) in [4.78, 5) is 14.0. The van der Waals surface area contributed by atoms with Gasteiger partial charge in [-0.15, -0.1) is 11.3 Å². The minimum absolute atomic E-state index is 0.222. The van der Waals surface area contributed by atoms with Gasteiger partial charge in [-0.3, -0.25) is 4.79 Å². The van der Waals surface area contributed by atoms with Crippen LogP contribution in [0.25, 0.3) is 21.3 Å². The quantitative estimate of drug-likeness (QED) is 0.452. The number of benzene rings is 3. The standard InChI is InChI=1S/C20H15NOS.C3H6O2/c1-2-6-15(7-3-1)16-10-12-17(13-11-16)22-14-20-21-18-8-4-5-9-19(18)23-20;1-2-3(4)5/h1-13H,14H2;2H2,1H3,(H,4,5). The normalized spacial score (nSPS) is 10.2. The third kappa shape index (κ3) is 5.41. The molecular weight excluding hydrogens is 370 g/mol. The zero-order valence-corrected chi connectivity index (χ0v) is 16.4. The van der Waals surface area contributed by atoms with Crippen LogP contribution in [0.1, 0.15) is 18.4 Å². The van der Waals surface area contributed by atoms with Crippen LogP contribution in [0.3, 0.4) is 0 Å². The van der Waals surface area contributed by atoms with Crippen molar-refractivity contribution < 1.29 is 14.6 Å². The van der Waals surface area contributed by atoms with E-state index >= 15 is 0 Å². The molecule has 142 valence electrons. The van der Waals surface area contributed by atoms with Gasteiger partial charge in [-0.1, -0.05) is 61.5 Å². The van der Waals surface area contributed by atoms with Crippen LogP contribution in [-0.4, -0.2) is 16.1 Å². The van der Waals surface area contributed by atoms with Crippen LogP contribution in [-0.2, 0) is 11.4 Å². The van der Waals surface area contributed by atoms with Gasteiger partial charge in [0, 0.05) is 6.42 Å². The molecule has 3 aromatic carbocycles. The molecule has 0 radical (unpaired) electrons. The van der Waals surface area contributed by atoms with Gasteiger partial charge in [-0.25, -0.2) is 4.98 Å². The molecule has 0 fully saturated rings. The van der Waals surface area contributed by atoms with E-state index in [1.807, 2.05) is 48.5 Å². The van der Waals surface area contributed by atoms with Crippen LogP contribution >= 0.6 is 11.3 Å². The van der Waals surface area contributed by atoms with Crippen LogP contribution in [0.5, 0.6) is 5.75 Å². The number of rotatable bonds is 5. The Morgan fingerprint density at radius 3 is 2.18 bits per heavy atom. The lowest BCUT2D eigenvalue weighted by molar-refractivity contribution is -0.136. The molecule has 1 aromatic heterocycles. The Bertz CT molecular complexity index is 994. The molecule has 1 heterocycles. The number of ether oxygens (including phenoxy) is 1. The van der Waals surface area contributed by atoms with Crippen molar-refractivity contribution in [1.82, 2.24) is 4.98 Å². The average molecular weight is 391 g/mol.